The minimum absolute atomic E-state index is 0.0927. The number of nitrogens with one attached hydrogen (secondary N) is 2. The quantitative estimate of drug-likeness (QED) is 0.552. The first-order chi connectivity index (χ1) is 14.2. The number of ether oxygens (including phenoxy) is 1. The number of anilines is 2. The van der Waals surface area contributed by atoms with Gasteiger partial charge in [-0.15, -0.1) is 0 Å². The number of para-hydroxylation sites is 2. The number of fused-ring (bicyclic) bond motifs is 1. The molecule has 0 spiro atoms. The Morgan fingerprint density at radius 1 is 1.14 bits per heavy atom. The fourth-order valence-electron chi connectivity index (χ4n) is 3.16. The Morgan fingerprint density at radius 3 is 2.83 bits per heavy atom. The lowest BCUT2D eigenvalue weighted by atomic mass is 10.3. The van der Waals surface area contributed by atoms with Gasteiger partial charge in [0.15, 0.2) is 5.58 Å². The van der Waals surface area contributed by atoms with Crippen LogP contribution in [0.2, 0.25) is 0 Å². The van der Waals surface area contributed by atoms with Gasteiger partial charge in [0.2, 0.25) is 5.91 Å². The van der Waals surface area contributed by atoms with Crippen LogP contribution in [0.25, 0.3) is 11.1 Å². The predicted octanol–water partition coefficient (Wildman–Crippen LogP) is 0.449. The minimum atomic E-state index is -0.545. The molecule has 4 rings (SSSR count). The van der Waals surface area contributed by atoms with Crippen LogP contribution in [-0.2, 0) is 16.1 Å². The molecule has 152 valence electrons. The second kappa shape index (κ2) is 8.74. The van der Waals surface area contributed by atoms with Gasteiger partial charge in [0.1, 0.15) is 24.5 Å². The van der Waals surface area contributed by atoms with Gasteiger partial charge in [0, 0.05) is 32.2 Å². The zero-order chi connectivity index (χ0) is 20.1. The van der Waals surface area contributed by atoms with E-state index in [-0.39, 0.29) is 12.5 Å². The lowest BCUT2D eigenvalue weighted by Crippen LogP contribution is -2.36. The van der Waals surface area contributed by atoms with Gasteiger partial charge in [-0.05, 0) is 12.1 Å². The summed E-state index contributed by atoms with van der Waals surface area (Å²) in [6.07, 6.45) is 1.52. The number of morpholine rings is 1. The lowest BCUT2D eigenvalue weighted by Gasteiger charge is -2.27. The van der Waals surface area contributed by atoms with E-state index in [0.29, 0.717) is 43.2 Å². The summed E-state index contributed by atoms with van der Waals surface area (Å²) in [4.78, 5) is 34.8. The predicted molar refractivity (Wildman–Crippen MR) is 107 cm³/mol. The highest BCUT2D eigenvalue weighted by molar-refractivity contribution is 5.79. The van der Waals surface area contributed by atoms with Crippen molar-refractivity contribution in [2.45, 2.75) is 6.54 Å². The van der Waals surface area contributed by atoms with Crippen molar-refractivity contribution in [3.8, 4) is 0 Å². The van der Waals surface area contributed by atoms with Crippen LogP contribution in [-0.4, -0.2) is 59.8 Å². The Bertz CT molecular complexity index is 1040. The smallest absolute Gasteiger partial charge is 0.408 e. The molecule has 2 N–H and O–H groups in total. The molecule has 29 heavy (non-hydrogen) atoms. The van der Waals surface area contributed by atoms with Crippen LogP contribution in [0.4, 0.5) is 11.6 Å². The van der Waals surface area contributed by atoms with Crippen molar-refractivity contribution < 1.29 is 13.9 Å². The molecule has 2 aromatic heterocycles. The third kappa shape index (κ3) is 4.54. The minimum Gasteiger partial charge on any atom is -0.408 e. The maximum Gasteiger partial charge on any atom is 0.420 e. The van der Waals surface area contributed by atoms with Gasteiger partial charge in [0.25, 0.3) is 0 Å². The molecule has 0 bridgehead atoms. The fraction of sp³-hybridized carbons (Fsp3) is 0.368. The SMILES string of the molecule is O=C(Cn1c(=O)oc2ccccc21)NCCNc1cc(N2CCOCC2)ncn1. The second-order valence-corrected chi connectivity index (χ2v) is 6.56. The van der Waals surface area contributed by atoms with Crippen LogP contribution in [0.5, 0.6) is 0 Å². The van der Waals surface area contributed by atoms with Crippen molar-refractivity contribution in [1.82, 2.24) is 19.9 Å². The van der Waals surface area contributed by atoms with Crippen LogP contribution in [0.1, 0.15) is 0 Å². The van der Waals surface area contributed by atoms with Crippen molar-refractivity contribution in [1.29, 1.82) is 0 Å². The number of hydrogen-bond acceptors (Lipinski definition) is 8. The number of oxazole rings is 1. The molecular formula is C19H22N6O4. The summed E-state index contributed by atoms with van der Waals surface area (Å²) in [7, 11) is 0. The zero-order valence-corrected chi connectivity index (χ0v) is 15.8. The van der Waals surface area contributed by atoms with Crippen molar-refractivity contribution in [2.75, 3.05) is 49.6 Å². The summed E-state index contributed by atoms with van der Waals surface area (Å²) in [5.74, 6) is 0.724. The number of aromatic nitrogens is 3. The topological polar surface area (TPSA) is 115 Å². The van der Waals surface area contributed by atoms with Gasteiger partial charge in [-0.1, -0.05) is 12.1 Å². The Labute approximate surface area is 166 Å². The molecule has 1 saturated heterocycles. The van der Waals surface area contributed by atoms with Crippen LogP contribution < -0.4 is 21.3 Å². The highest BCUT2D eigenvalue weighted by Crippen LogP contribution is 2.15. The number of hydrogen-bond donors (Lipinski definition) is 2. The molecule has 1 aliphatic heterocycles. The van der Waals surface area contributed by atoms with E-state index in [4.69, 9.17) is 9.15 Å². The summed E-state index contributed by atoms with van der Waals surface area (Å²) in [6, 6.07) is 8.89. The van der Waals surface area contributed by atoms with E-state index in [1.165, 1.54) is 10.9 Å². The highest BCUT2D eigenvalue weighted by Gasteiger charge is 2.13. The molecule has 0 unspecified atom stereocenters. The average Bonchev–Trinajstić information content (AvgIpc) is 3.07. The number of amides is 1. The monoisotopic (exact) mass is 398 g/mol. The average molecular weight is 398 g/mol. The van der Waals surface area contributed by atoms with Crippen LogP contribution in [0, 0.1) is 0 Å². The Kier molecular flexibility index (Phi) is 5.71. The van der Waals surface area contributed by atoms with E-state index < -0.39 is 5.76 Å². The summed E-state index contributed by atoms with van der Waals surface area (Å²) < 4.78 is 11.8. The molecule has 10 heteroatoms. The summed E-state index contributed by atoms with van der Waals surface area (Å²) in [5.41, 5.74) is 1.06. The van der Waals surface area contributed by atoms with Gasteiger partial charge in [-0.3, -0.25) is 9.36 Å². The van der Waals surface area contributed by atoms with Gasteiger partial charge in [0.05, 0.1) is 18.7 Å². The molecular weight excluding hydrogens is 376 g/mol. The van der Waals surface area contributed by atoms with Gasteiger partial charge in [-0.2, -0.15) is 0 Å². The first kappa shape index (κ1) is 18.9. The Balaban J connectivity index is 1.27. The maximum absolute atomic E-state index is 12.2. The Hall–Kier alpha value is -3.40. The van der Waals surface area contributed by atoms with Crippen LogP contribution in [0.15, 0.2) is 45.9 Å². The molecule has 1 amide bonds. The number of nitrogens with zero attached hydrogens (tertiary/aromatic N) is 4. The molecule has 1 fully saturated rings. The van der Waals surface area contributed by atoms with E-state index >= 15 is 0 Å². The fourth-order valence-corrected chi connectivity index (χ4v) is 3.16. The first-order valence-electron chi connectivity index (χ1n) is 9.44. The third-order valence-electron chi connectivity index (χ3n) is 4.62. The van der Waals surface area contributed by atoms with E-state index in [1.54, 1.807) is 24.3 Å². The maximum atomic E-state index is 12.2. The van der Waals surface area contributed by atoms with Crippen molar-refractivity contribution in [2.24, 2.45) is 0 Å². The summed E-state index contributed by atoms with van der Waals surface area (Å²) in [5, 5.41) is 5.96. The number of benzene rings is 1. The molecule has 3 aromatic rings. The Morgan fingerprint density at radius 2 is 1.97 bits per heavy atom. The first-order valence-corrected chi connectivity index (χ1v) is 9.44. The van der Waals surface area contributed by atoms with Crippen molar-refractivity contribution >= 4 is 28.6 Å². The van der Waals surface area contributed by atoms with Gasteiger partial charge in [-0.25, -0.2) is 14.8 Å². The highest BCUT2D eigenvalue weighted by atomic mass is 16.5. The van der Waals surface area contributed by atoms with Crippen LogP contribution >= 0.6 is 0 Å². The number of rotatable bonds is 7. The molecule has 0 aliphatic carbocycles. The van der Waals surface area contributed by atoms with E-state index in [9.17, 15) is 9.59 Å². The number of carbonyl (C=O) groups excluding carboxylic acids is 1. The van der Waals surface area contributed by atoms with Crippen molar-refractivity contribution in [3.05, 3.63) is 47.2 Å². The third-order valence-corrected chi connectivity index (χ3v) is 4.62. The lowest BCUT2D eigenvalue weighted by molar-refractivity contribution is -0.121. The summed E-state index contributed by atoms with van der Waals surface area (Å²) >= 11 is 0. The van der Waals surface area contributed by atoms with E-state index in [1.807, 2.05) is 6.07 Å². The second-order valence-electron chi connectivity index (χ2n) is 6.56. The summed E-state index contributed by atoms with van der Waals surface area (Å²) in [6.45, 7) is 3.77. The molecule has 0 atom stereocenters. The van der Waals surface area contributed by atoms with Crippen LogP contribution in [0.3, 0.4) is 0 Å². The normalized spacial score (nSPS) is 14.1. The van der Waals surface area contributed by atoms with Gasteiger partial charge < -0.3 is 24.7 Å². The van der Waals surface area contributed by atoms with Crippen molar-refractivity contribution in [3.63, 3.8) is 0 Å². The largest absolute Gasteiger partial charge is 0.420 e. The molecule has 3 heterocycles. The molecule has 1 aliphatic rings. The zero-order valence-electron chi connectivity index (χ0n) is 15.8. The molecule has 1 aromatic carbocycles. The molecule has 10 nitrogen and oxygen atoms in total. The van der Waals surface area contributed by atoms with E-state index in [2.05, 4.69) is 25.5 Å². The van der Waals surface area contributed by atoms with Gasteiger partial charge >= 0.3 is 5.76 Å². The standard InChI is InChI=1S/C19H22N6O4/c26-18(12-25-14-3-1-2-4-15(14)29-19(25)27)21-6-5-20-16-11-17(23-13-22-16)24-7-9-28-10-8-24/h1-4,11,13H,5-10,12H2,(H,21,26)(H,20,22,23). The molecule has 0 radical (unpaired) electrons. The van der Waals surface area contributed by atoms with E-state index in [0.717, 1.165) is 18.9 Å². The number of carbonyl (C=O) groups is 1. The molecule has 0 saturated carbocycles.